The van der Waals surface area contributed by atoms with Crippen molar-refractivity contribution in [3.05, 3.63) is 30.3 Å². The first kappa shape index (κ1) is 15.5. The van der Waals surface area contributed by atoms with Crippen molar-refractivity contribution < 1.29 is 9.90 Å². The Balaban J connectivity index is 2.59. The van der Waals surface area contributed by atoms with Gasteiger partial charge in [0.25, 0.3) is 0 Å². The smallest absolute Gasteiger partial charge is 0.320 e. The minimum Gasteiger partial charge on any atom is -0.480 e. The molecule has 0 amide bonds. The zero-order chi connectivity index (χ0) is 14.3. The summed E-state index contributed by atoms with van der Waals surface area (Å²) >= 11 is 0. The zero-order valence-corrected chi connectivity index (χ0v) is 12.0. The second kappa shape index (κ2) is 7.79. The van der Waals surface area contributed by atoms with Crippen molar-refractivity contribution in [3.8, 4) is 0 Å². The molecule has 0 aliphatic rings. The normalized spacial score (nSPS) is 12.4. The van der Waals surface area contributed by atoms with Crippen LogP contribution in [0.3, 0.4) is 0 Å². The molecule has 4 heteroatoms. The molecule has 0 spiro atoms. The first-order valence-corrected chi connectivity index (χ1v) is 6.83. The fourth-order valence-electron chi connectivity index (χ4n) is 2.07. The molecule has 0 radical (unpaired) electrons. The molecule has 1 rings (SSSR count). The van der Waals surface area contributed by atoms with E-state index in [1.165, 1.54) is 0 Å². The van der Waals surface area contributed by atoms with Crippen LogP contribution in [0.15, 0.2) is 30.3 Å². The van der Waals surface area contributed by atoms with E-state index >= 15 is 0 Å². The molecule has 0 saturated carbocycles. The van der Waals surface area contributed by atoms with Gasteiger partial charge in [-0.05, 0) is 25.5 Å². The van der Waals surface area contributed by atoms with Gasteiger partial charge in [0.1, 0.15) is 6.04 Å². The first-order valence-electron chi connectivity index (χ1n) is 6.83. The topological polar surface area (TPSA) is 52.6 Å². The Morgan fingerprint density at radius 2 is 1.95 bits per heavy atom. The van der Waals surface area contributed by atoms with Crippen LogP contribution >= 0.6 is 0 Å². The van der Waals surface area contributed by atoms with E-state index < -0.39 is 12.0 Å². The summed E-state index contributed by atoms with van der Waals surface area (Å²) in [6.45, 7) is 7.61. The van der Waals surface area contributed by atoms with Crippen LogP contribution in [0.25, 0.3) is 0 Å². The highest BCUT2D eigenvalue weighted by Gasteiger charge is 2.18. The van der Waals surface area contributed by atoms with Crippen LogP contribution in [-0.4, -0.2) is 36.2 Å². The summed E-state index contributed by atoms with van der Waals surface area (Å²) in [7, 11) is 0. The van der Waals surface area contributed by atoms with Crippen LogP contribution in [0.5, 0.6) is 0 Å². The lowest BCUT2D eigenvalue weighted by Crippen LogP contribution is -2.43. The highest BCUT2D eigenvalue weighted by atomic mass is 16.4. The molecule has 0 saturated heterocycles. The van der Waals surface area contributed by atoms with Crippen molar-refractivity contribution in [2.45, 2.75) is 39.3 Å². The summed E-state index contributed by atoms with van der Waals surface area (Å²) in [6.07, 6.45) is 0.593. The fraction of sp³-hybridized carbons (Fsp3) is 0.533. The number of nitrogens with zero attached hydrogens (tertiary/aromatic N) is 1. The molecular formula is C15H24N2O2. The molecule has 19 heavy (non-hydrogen) atoms. The average molecular weight is 264 g/mol. The summed E-state index contributed by atoms with van der Waals surface area (Å²) < 4.78 is 0. The molecule has 4 nitrogen and oxygen atoms in total. The van der Waals surface area contributed by atoms with E-state index in [4.69, 9.17) is 0 Å². The lowest BCUT2D eigenvalue weighted by atomic mass is 10.1. The Hall–Kier alpha value is -1.55. The van der Waals surface area contributed by atoms with E-state index in [-0.39, 0.29) is 6.04 Å². The highest BCUT2D eigenvalue weighted by molar-refractivity contribution is 5.73. The number of carboxylic acids is 1. The van der Waals surface area contributed by atoms with Gasteiger partial charge >= 0.3 is 5.97 Å². The number of para-hydroxylation sites is 1. The first-order chi connectivity index (χ1) is 9.04. The molecule has 0 aliphatic heterocycles. The largest absolute Gasteiger partial charge is 0.480 e. The van der Waals surface area contributed by atoms with Crippen molar-refractivity contribution in [3.63, 3.8) is 0 Å². The van der Waals surface area contributed by atoms with Gasteiger partial charge < -0.3 is 15.3 Å². The molecule has 0 aliphatic carbocycles. The van der Waals surface area contributed by atoms with Crippen molar-refractivity contribution in [1.82, 2.24) is 5.32 Å². The van der Waals surface area contributed by atoms with Crippen LogP contribution in [0.1, 0.15) is 27.2 Å². The van der Waals surface area contributed by atoms with Gasteiger partial charge in [0, 0.05) is 24.8 Å². The minimum atomic E-state index is -0.780. The van der Waals surface area contributed by atoms with Gasteiger partial charge in [-0.15, -0.1) is 0 Å². The fourth-order valence-corrected chi connectivity index (χ4v) is 2.07. The van der Waals surface area contributed by atoms with E-state index in [1.807, 2.05) is 32.0 Å². The maximum absolute atomic E-state index is 11.2. The van der Waals surface area contributed by atoms with Crippen LogP contribution in [-0.2, 0) is 4.79 Å². The zero-order valence-electron chi connectivity index (χ0n) is 12.0. The van der Waals surface area contributed by atoms with Crippen LogP contribution in [0.2, 0.25) is 0 Å². The number of carboxylic acid groups (broad SMARTS) is 1. The maximum atomic E-state index is 11.2. The molecule has 2 N–H and O–H groups in total. The predicted molar refractivity (Wildman–Crippen MR) is 78.6 cm³/mol. The summed E-state index contributed by atoms with van der Waals surface area (Å²) in [5, 5.41) is 12.3. The quantitative estimate of drug-likeness (QED) is 0.757. The summed E-state index contributed by atoms with van der Waals surface area (Å²) in [4.78, 5) is 13.4. The molecular weight excluding hydrogens is 240 g/mol. The molecule has 0 heterocycles. The van der Waals surface area contributed by atoms with E-state index in [0.29, 0.717) is 6.42 Å². The summed E-state index contributed by atoms with van der Waals surface area (Å²) in [5.41, 5.74) is 1.14. The molecule has 106 valence electrons. The lowest BCUT2D eigenvalue weighted by Gasteiger charge is -2.25. The van der Waals surface area contributed by atoms with E-state index in [2.05, 4.69) is 29.3 Å². The number of hydrogen-bond acceptors (Lipinski definition) is 3. The average Bonchev–Trinajstić information content (AvgIpc) is 2.38. The molecule has 1 unspecified atom stereocenters. The van der Waals surface area contributed by atoms with Crippen molar-refractivity contribution >= 4 is 11.7 Å². The van der Waals surface area contributed by atoms with Gasteiger partial charge in [-0.2, -0.15) is 0 Å². The molecule has 1 atom stereocenters. The number of nitrogens with one attached hydrogen (secondary N) is 1. The lowest BCUT2D eigenvalue weighted by molar-refractivity contribution is -0.139. The molecule has 0 aromatic heterocycles. The van der Waals surface area contributed by atoms with Crippen LogP contribution in [0, 0.1) is 0 Å². The van der Waals surface area contributed by atoms with E-state index in [9.17, 15) is 9.90 Å². The molecule has 0 fully saturated rings. The second-order valence-electron chi connectivity index (χ2n) is 4.92. The van der Waals surface area contributed by atoms with Gasteiger partial charge in [-0.3, -0.25) is 4.79 Å². The van der Waals surface area contributed by atoms with Crippen molar-refractivity contribution in [2.24, 2.45) is 0 Å². The number of carbonyl (C=O) groups is 1. The minimum absolute atomic E-state index is 0.174. The Labute approximate surface area is 115 Å². The van der Waals surface area contributed by atoms with Gasteiger partial charge in [0.2, 0.25) is 0 Å². The van der Waals surface area contributed by atoms with Crippen molar-refractivity contribution in [2.75, 3.05) is 18.0 Å². The maximum Gasteiger partial charge on any atom is 0.320 e. The number of rotatable bonds is 8. The van der Waals surface area contributed by atoms with Crippen LogP contribution in [0.4, 0.5) is 5.69 Å². The van der Waals surface area contributed by atoms with E-state index in [0.717, 1.165) is 18.8 Å². The molecule has 0 bridgehead atoms. The van der Waals surface area contributed by atoms with Gasteiger partial charge in [-0.1, -0.05) is 32.0 Å². The third kappa shape index (κ3) is 5.30. The van der Waals surface area contributed by atoms with Gasteiger partial charge in [0.15, 0.2) is 0 Å². The van der Waals surface area contributed by atoms with Gasteiger partial charge in [0.05, 0.1) is 0 Å². The Morgan fingerprint density at radius 1 is 1.32 bits per heavy atom. The third-order valence-electron chi connectivity index (χ3n) is 3.02. The number of hydrogen-bond donors (Lipinski definition) is 2. The summed E-state index contributed by atoms with van der Waals surface area (Å²) in [5.74, 6) is -0.780. The Bertz CT molecular complexity index is 379. The second-order valence-corrected chi connectivity index (χ2v) is 4.92. The Kier molecular flexibility index (Phi) is 6.36. The predicted octanol–water partition coefficient (Wildman–Crippen LogP) is 2.35. The van der Waals surface area contributed by atoms with Gasteiger partial charge in [-0.25, -0.2) is 0 Å². The third-order valence-corrected chi connectivity index (χ3v) is 3.02. The van der Waals surface area contributed by atoms with Crippen molar-refractivity contribution in [1.29, 1.82) is 0 Å². The Morgan fingerprint density at radius 3 is 2.42 bits per heavy atom. The molecule has 1 aromatic carbocycles. The number of anilines is 1. The highest BCUT2D eigenvalue weighted by Crippen LogP contribution is 2.13. The number of aliphatic carboxylic acids is 1. The SMILES string of the molecule is CCN(CCC(NC(C)C)C(=O)O)c1ccccc1. The standard InChI is InChI=1S/C15H24N2O2/c1-4-17(13-8-6-5-7-9-13)11-10-14(15(18)19)16-12(2)3/h5-9,12,14,16H,4,10-11H2,1-3H3,(H,18,19). The monoisotopic (exact) mass is 264 g/mol. The number of benzene rings is 1. The van der Waals surface area contributed by atoms with E-state index in [1.54, 1.807) is 0 Å². The van der Waals surface area contributed by atoms with Crippen LogP contribution < -0.4 is 10.2 Å². The molecule has 1 aromatic rings. The summed E-state index contributed by atoms with van der Waals surface area (Å²) in [6, 6.07) is 9.77.